The molecule has 6 rings (SSSR count). The molecular weight excluding hydrogens is 552 g/mol. The van der Waals surface area contributed by atoms with Crippen molar-refractivity contribution >= 4 is 24.6 Å². The second-order valence-electron chi connectivity index (χ2n) is 11.6. The SMILES string of the molecule is CC[SiH](CC)[Zr]([c]1ccccc1)([c]1ccccc1)([CH]1C(C)=Cc2ccccc21)[CH]1C(C)=Cc2ccccc21. The molecule has 2 aliphatic carbocycles. The van der Waals surface area contributed by atoms with Gasteiger partial charge in [-0.25, -0.2) is 0 Å². The van der Waals surface area contributed by atoms with Crippen LogP contribution in [0.4, 0.5) is 0 Å². The summed E-state index contributed by atoms with van der Waals surface area (Å²) in [6.07, 6.45) is 5.08. The molecule has 0 heterocycles. The van der Waals surface area contributed by atoms with Gasteiger partial charge >= 0.3 is 232 Å². The summed E-state index contributed by atoms with van der Waals surface area (Å²) < 4.78 is 4.33. The summed E-state index contributed by atoms with van der Waals surface area (Å²) in [5, 5.41) is 0. The molecule has 2 atom stereocenters. The molecule has 0 saturated heterocycles. The van der Waals surface area contributed by atoms with E-state index in [2.05, 4.69) is 149 Å². The zero-order valence-electron chi connectivity index (χ0n) is 23.2. The van der Waals surface area contributed by atoms with E-state index in [9.17, 15) is 0 Å². The number of rotatable bonds is 7. The van der Waals surface area contributed by atoms with Gasteiger partial charge in [-0.15, -0.1) is 0 Å². The molecule has 0 aliphatic heterocycles. The van der Waals surface area contributed by atoms with Crippen molar-refractivity contribution < 1.29 is 17.9 Å². The molecule has 0 saturated carbocycles. The molecule has 0 bridgehead atoms. The van der Waals surface area contributed by atoms with Gasteiger partial charge < -0.3 is 0 Å². The van der Waals surface area contributed by atoms with Crippen LogP contribution in [0, 0.1) is 0 Å². The third-order valence-electron chi connectivity index (χ3n) is 10.2. The Labute approximate surface area is 230 Å². The van der Waals surface area contributed by atoms with Gasteiger partial charge in [-0.2, -0.15) is 0 Å². The quantitative estimate of drug-likeness (QED) is 0.190. The molecule has 0 N–H and O–H groups in total. The first kappa shape index (κ1) is 25.7. The van der Waals surface area contributed by atoms with Crippen LogP contribution in [0.25, 0.3) is 12.2 Å². The van der Waals surface area contributed by atoms with Gasteiger partial charge in [0.05, 0.1) is 0 Å². The summed E-state index contributed by atoms with van der Waals surface area (Å²) in [6, 6.07) is 45.4. The van der Waals surface area contributed by atoms with Crippen LogP contribution in [-0.2, 0) is 17.9 Å². The fourth-order valence-corrected chi connectivity index (χ4v) is 67.3. The zero-order valence-corrected chi connectivity index (χ0v) is 26.8. The molecule has 0 aromatic heterocycles. The Morgan fingerprint density at radius 1 is 0.526 bits per heavy atom. The van der Waals surface area contributed by atoms with Gasteiger partial charge in [-0.1, -0.05) is 0 Å². The molecule has 0 amide bonds. The monoisotopic (exact) mass is 589 g/mol. The molecule has 191 valence electrons. The van der Waals surface area contributed by atoms with Crippen LogP contribution >= 0.6 is 0 Å². The Bertz CT molecular complexity index is 1420. The molecule has 0 spiro atoms. The fraction of sp³-hybridized carbons (Fsp3) is 0.222. The summed E-state index contributed by atoms with van der Waals surface area (Å²) in [4.78, 5) is 0. The topological polar surface area (TPSA) is 0 Å². The predicted molar refractivity (Wildman–Crippen MR) is 166 cm³/mol. The number of hydrogen-bond donors (Lipinski definition) is 0. The molecule has 2 aliphatic rings. The molecule has 0 nitrogen and oxygen atoms in total. The molecule has 0 fully saturated rings. The van der Waals surface area contributed by atoms with Crippen LogP contribution < -0.4 is 6.54 Å². The van der Waals surface area contributed by atoms with E-state index in [0.717, 1.165) is 0 Å². The minimum absolute atomic E-state index is 0.466. The summed E-state index contributed by atoms with van der Waals surface area (Å²) in [5.41, 5.74) is 9.22. The van der Waals surface area contributed by atoms with Gasteiger partial charge in [-0.3, -0.25) is 0 Å². The zero-order chi connectivity index (χ0) is 26.4. The van der Waals surface area contributed by atoms with Crippen LogP contribution in [0.1, 0.15) is 57.2 Å². The fourth-order valence-electron chi connectivity index (χ4n) is 9.34. The van der Waals surface area contributed by atoms with Crippen LogP contribution in [0.5, 0.6) is 0 Å². The maximum atomic E-state index is 2.56. The first-order valence-corrected chi connectivity index (χ1v) is 26.1. The summed E-state index contributed by atoms with van der Waals surface area (Å²) in [7, 11) is 0. The first-order valence-electron chi connectivity index (χ1n) is 14.4. The third kappa shape index (κ3) is 3.29. The Morgan fingerprint density at radius 2 is 0.895 bits per heavy atom. The van der Waals surface area contributed by atoms with Gasteiger partial charge in [0.2, 0.25) is 0 Å². The molecule has 38 heavy (non-hydrogen) atoms. The molecule has 4 aromatic rings. The van der Waals surface area contributed by atoms with Gasteiger partial charge in [0, 0.05) is 0 Å². The van der Waals surface area contributed by atoms with Gasteiger partial charge in [0.25, 0.3) is 0 Å². The summed E-state index contributed by atoms with van der Waals surface area (Å²) in [5.74, 6) is -1.40. The van der Waals surface area contributed by atoms with Crippen LogP contribution in [0.2, 0.25) is 12.1 Å². The average Bonchev–Trinajstić information content (AvgIpc) is 3.49. The molecule has 2 heteroatoms. The standard InChI is InChI=1S/2C10H9.2C6H5.C4H11Si.Zr/c2*1-8-6-9-4-2-3-5-10(9)7-8;2*1-2-4-6-5-3-1;1-3-5-4-2;/h2*2-7H,1H3;2*1-5H;5H,3-4H2,1-2H3;. The van der Waals surface area contributed by atoms with E-state index in [1.807, 2.05) is 0 Å². The van der Waals surface area contributed by atoms with E-state index in [4.69, 9.17) is 0 Å². The van der Waals surface area contributed by atoms with E-state index in [-0.39, 0.29) is 0 Å². The molecular formula is C36H39SiZr. The average molecular weight is 591 g/mol. The predicted octanol–water partition coefficient (Wildman–Crippen LogP) is 8.41. The van der Waals surface area contributed by atoms with E-state index >= 15 is 0 Å². The number of hydrogen-bond acceptors (Lipinski definition) is 0. The molecule has 4 aromatic carbocycles. The van der Waals surface area contributed by atoms with Crippen molar-refractivity contribution in [3.8, 4) is 0 Å². The van der Waals surface area contributed by atoms with Crippen molar-refractivity contribution in [3.05, 3.63) is 143 Å². The van der Waals surface area contributed by atoms with Crippen molar-refractivity contribution in [2.45, 2.75) is 47.0 Å². The Morgan fingerprint density at radius 3 is 1.29 bits per heavy atom. The van der Waals surface area contributed by atoms with Crippen molar-refractivity contribution in [2.24, 2.45) is 0 Å². The number of fused-ring (bicyclic) bond motifs is 2. The van der Waals surface area contributed by atoms with Gasteiger partial charge in [0.15, 0.2) is 0 Å². The Balaban J connectivity index is 1.91. The van der Waals surface area contributed by atoms with Crippen molar-refractivity contribution in [1.29, 1.82) is 0 Å². The normalized spacial score (nSPS) is 19.3. The van der Waals surface area contributed by atoms with E-state index in [0.29, 0.717) is 7.25 Å². The first-order chi connectivity index (χ1) is 18.6. The van der Waals surface area contributed by atoms with Crippen LogP contribution in [0.15, 0.2) is 120 Å². The van der Waals surface area contributed by atoms with E-state index in [1.54, 1.807) is 28.8 Å². The summed E-state index contributed by atoms with van der Waals surface area (Å²) >= 11 is -4.47. The van der Waals surface area contributed by atoms with E-state index in [1.165, 1.54) is 23.2 Å². The second kappa shape index (κ2) is 9.89. The Kier molecular flexibility index (Phi) is 6.69. The maximum absolute atomic E-state index is 4.47. The van der Waals surface area contributed by atoms with Crippen molar-refractivity contribution in [2.75, 3.05) is 0 Å². The molecule has 0 radical (unpaired) electrons. The van der Waals surface area contributed by atoms with Crippen LogP contribution in [-0.4, -0.2) is 5.92 Å². The Hall–Kier alpha value is -2.54. The second-order valence-corrected chi connectivity index (χ2v) is 41.1. The van der Waals surface area contributed by atoms with Gasteiger partial charge in [0.1, 0.15) is 0 Å². The molecule has 2 unspecified atom stereocenters. The van der Waals surface area contributed by atoms with E-state index < -0.39 is 23.9 Å². The van der Waals surface area contributed by atoms with Gasteiger partial charge in [-0.05, 0) is 0 Å². The van der Waals surface area contributed by atoms with Crippen LogP contribution in [0.3, 0.4) is 0 Å². The third-order valence-corrected chi connectivity index (χ3v) is 58.7. The number of allylic oxidation sites excluding steroid dienone is 2. The van der Waals surface area contributed by atoms with Crippen molar-refractivity contribution in [3.63, 3.8) is 0 Å². The summed E-state index contributed by atoms with van der Waals surface area (Å²) in [6.45, 7) is 9.97. The minimum atomic E-state index is -4.47. The van der Waals surface area contributed by atoms with Crippen molar-refractivity contribution in [1.82, 2.24) is 0 Å². The number of benzene rings is 4.